The van der Waals surface area contributed by atoms with Gasteiger partial charge in [-0.25, -0.2) is 4.21 Å². The molecule has 0 saturated carbocycles. The van der Waals surface area contributed by atoms with Crippen molar-refractivity contribution in [1.82, 2.24) is 5.32 Å². The van der Waals surface area contributed by atoms with Crippen molar-refractivity contribution in [3.05, 3.63) is 54.6 Å². The summed E-state index contributed by atoms with van der Waals surface area (Å²) in [6, 6.07) is 17.6. The molecule has 2 aromatic carbocycles. The predicted octanol–water partition coefficient (Wildman–Crippen LogP) is 2.23. The fraction of sp³-hybridized carbons (Fsp3) is 0.250. The van der Waals surface area contributed by atoms with E-state index < -0.39 is 11.0 Å². The van der Waals surface area contributed by atoms with Gasteiger partial charge < -0.3 is 14.9 Å². The smallest absolute Gasteiger partial charge is 0.150 e. The Labute approximate surface area is 127 Å². The van der Waals surface area contributed by atoms with Crippen molar-refractivity contribution in [2.75, 3.05) is 35.8 Å². The van der Waals surface area contributed by atoms with Gasteiger partial charge in [-0.05, 0) is 36.4 Å². The quantitative estimate of drug-likeness (QED) is 0.910. The van der Waals surface area contributed by atoms with Gasteiger partial charge in [0.2, 0.25) is 0 Å². The second kappa shape index (κ2) is 6.74. The molecular formula is C16H19N3OS. The maximum atomic E-state index is 12.3. The number of piperazine rings is 1. The van der Waals surface area contributed by atoms with E-state index in [9.17, 15) is 4.21 Å². The number of hydrogen-bond donors (Lipinski definition) is 2. The lowest BCUT2D eigenvalue weighted by Crippen LogP contribution is -2.43. The summed E-state index contributed by atoms with van der Waals surface area (Å²) in [4.78, 5) is 3.13. The van der Waals surface area contributed by atoms with Crippen LogP contribution in [0.2, 0.25) is 0 Å². The molecule has 4 nitrogen and oxygen atoms in total. The van der Waals surface area contributed by atoms with E-state index in [0.29, 0.717) is 0 Å². The maximum absolute atomic E-state index is 12.3. The van der Waals surface area contributed by atoms with Crippen LogP contribution >= 0.6 is 0 Å². The largest absolute Gasteiger partial charge is 0.369 e. The Kier molecular flexibility index (Phi) is 4.52. The molecule has 21 heavy (non-hydrogen) atoms. The standard InChI is InChI=1S/C16H19N3OS/c20-21(18-14-4-2-1-3-5-14)16-8-6-15(7-9-16)19-12-10-17-11-13-19/h1-9,17-18H,10-13H2. The lowest BCUT2D eigenvalue weighted by molar-refractivity contribution is 0.589. The highest BCUT2D eigenvalue weighted by Crippen LogP contribution is 2.18. The fourth-order valence-corrected chi connectivity index (χ4v) is 3.23. The molecule has 0 bridgehead atoms. The van der Waals surface area contributed by atoms with E-state index >= 15 is 0 Å². The summed E-state index contributed by atoms with van der Waals surface area (Å²) in [6.07, 6.45) is 0. The molecule has 110 valence electrons. The first-order chi connectivity index (χ1) is 10.3. The summed E-state index contributed by atoms with van der Waals surface area (Å²) >= 11 is 0. The van der Waals surface area contributed by atoms with Gasteiger partial charge in [0.25, 0.3) is 0 Å². The second-order valence-electron chi connectivity index (χ2n) is 4.97. The SMILES string of the molecule is O=S(Nc1ccccc1)c1ccc(N2CCNCC2)cc1. The third-order valence-corrected chi connectivity index (χ3v) is 4.64. The highest BCUT2D eigenvalue weighted by molar-refractivity contribution is 7.86. The summed E-state index contributed by atoms with van der Waals surface area (Å²) in [6.45, 7) is 4.07. The van der Waals surface area contributed by atoms with E-state index in [1.54, 1.807) is 0 Å². The zero-order valence-electron chi connectivity index (χ0n) is 11.8. The number of nitrogens with one attached hydrogen (secondary N) is 2. The molecule has 0 aliphatic carbocycles. The molecule has 3 rings (SSSR count). The molecule has 0 spiro atoms. The predicted molar refractivity (Wildman–Crippen MR) is 88.0 cm³/mol. The molecule has 1 fully saturated rings. The summed E-state index contributed by atoms with van der Waals surface area (Å²) < 4.78 is 15.3. The van der Waals surface area contributed by atoms with Gasteiger partial charge in [0.15, 0.2) is 0 Å². The van der Waals surface area contributed by atoms with Crippen molar-refractivity contribution in [3.8, 4) is 0 Å². The Balaban J connectivity index is 1.67. The Morgan fingerprint density at radius 2 is 1.62 bits per heavy atom. The number of benzene rings is 2. The van der Waals surface area contributed by atoms with Gasteiger partial charge in [-0.15, -0.1) is 0 Å². The Morgan fingerprint density at radius 1 is 0.952 bits per heavy atom. The first-order valence-corrected chi connectivity index (χ1v) is 8.27. The van der Waals surface area contributed by atoms with Crippen LogP contribution in [-0.4, -0.2) is 30.4 Å². The first kappa shape index (κ1) is 14.1. The topological polar surface area (TPSA) is 44.4 Å². The average molecular weight is 301 g/mol. The average Bonchev–Trinajstić information content (AvgIpc) is 2.57. The van der Waals surface area contributed by atoms with Crippen LogP contribution in [0.1, 0.15) is 0 Å². The van der Waals surface area contributed by atoms with Crippen molar-refractivity contribution in [2.24, 2.45) is 0 Å². The zero-order chi connectivity index (χ0) is 14.5. The molecule has 1 unspecified atom stereocenters. The summed E-state index contributed by atoms with van der Waals surface area (Å²) in [5.41, 5.74) is 2.05. The Morgan fingerprint density at radius 3 is 2.29 bits per heavy atom. The van der Waals surface area contributed by atoms with Crippen molar-refractivity contribution in [2.45, 2.75) is 4.90 Å². The molecule has 2 N–H and O–H groups in total. The van der Waals surface area contributed by atoms with Gasteiger partial charge in [0.1, 0.15) is 11.0 Å². The number of rotatable bonds is 4. The van der Waals surface area contributed by atoms with Gasteiger partial charge >= 0.3 is 0 Å². The minimum atomic E-state index is -1.23. The van der Waals surface area contributed by atoms with Crippen molar-refractivity contribution >= 4 is 22.4 Å². The first-order valence-electron chi connectivity index (χ1n) is 7.12. The Hall–Kier alpha value is -1.85. The van der Waals surface area contributed by atoms with Crippen molar-refractivity contribution in [1.29, 1.82) is 0 Å². The van der Waals surface area contributed by atoms with Gasteiger partial charge in [-0.1, -0.05) is 18.2 Å². The number of hydrogen-bond acceptors (Lipinski definition) is 3. The highest BCUT2D eigenvalue weighted by Gasteiger charge is 2.11. The summed E-state index contributed by atoms with van der Waals surface area (Å²) in [5.74, 6) is 0. The molecule has 0 aromatic heterocycles. The second-order valence-corrected chi connectivity index (χ2v) is 6.18. The molecule has 1 aliphatic heterocycles. The molecule has 1 saturated heterocycles. The molecule has 5 heteroatoms. The van der Waals surface area contributed by atoms with Crippen LogP contribution in [0, 0.1) is 0 Å². The Bertz CT molecular complexity index is 595. The highest BCUT2D eigenvalue weighted by atomic mass is 32.2. The third kappa shape index (κ3) is 3.62. The van der Waals surface area contributed by atoms with Crippen LogP contribution in [0.3, 0.4) is 0 Å². The minimum absolute atomic E-state index is 0.790. The molecule has 1 atom stereocenters. The normalized spacial score (nSPS) is 16.5. The van der Waals surface area contributed by atoms with Gasteiger partial charge in [-0.2, -0.15) is 0 Å². The van der Waals surface area contributed by atoms with E-state index in [1.807, 2.05) is 54.6 Å². The van der Waals surface area contributed by atoms with E-state index in [4.69, 9.17) is 0 Å². The van der Waals surface area contributed by atoms with Gasteiger partial charge in [0, 0.05) is 37.6 Å². The molecule has 0 amide bonds. The van der Waals surface area contributed by atoms with Crippen LogP contribution < -0.4 is 14.9 Å². The molecule has 1 heterocycles. The monoisotopic (exact) mass is 301 g/mol. The maximum Gasteiger partial charge on any atom is 0.150 e. The van der Waals surface area contributed by atoms with Crippen LogP contribution in [-0.2, 0) is 11.0 Å². The molecular weight excluding hydrogens is 282 g/mol. The van der Waals surface area contributed by atoms with Crippen LogP contribution in [0.4, 0.5) is 11.4 Å². The van der Waals surface area contributed by atoms with E-state index in [2.05, 4.69) is 14.9 Å². The van der Waals surface area contributed by atoms with Crippen LogP contribution in [0.15, 0.2) is 59.5 Å². The van der Waals surface area contributed by atoms with Gasteiger partial charge in [-0.3, -0.25) is 0 Å². The minimum Gasteiger partial charge on any atom is -0.369 e. The number of para-hydroxylation sites is 1. The number of anilines is 2. The molecule has 2 aromatic rings. The molecule has 0 radical (unpaired) electrons. The van der Waals surface area contributed by atoms with Crippen LogP contribution in [0.25, 0.3) is 0 Å². The fourth-order valence-electron chi connectivity index (χ4n) is 2.38. The summed E-state index contributed by atoms with van der Waals surface area (Å²) in [5, 5.41) is 3.34. The van der Waals surface area contributed by atoms with E-state index in [-0.39, 0.29) is 0 Å². The third-order valence-electron chi connectivity index (χ3n) is 3.52. The van der Waals surface area contributed by atoms with E-state index in [1.165, 1.54) is 5.69 Å². The lowest BCUT2D eigenvalue weighted by atomic mass is 10.2. The van der Waals surface area contributed by atoms with Crippen molar-refractivity contribution in [3.63, 3.8) is 0 Å². The van der Waals surface area contributed by atoms with E-state index in [0.717, 1.165) is 36.8 Å². The van der Waals surface area contributed by atoms with Crippen LogP contribution in [0.5, 0.6) is 0 Å². The van der Waals surface area contributed by atoms with Crippen molar-refractivity contribution < 1.29 is 4.21 Å². The zero-order valence-corrected chi connectivity index (χ0v) is 12.6. The lowest BCUT2D eigenvalue weighted by Gasteiger charge is -2.29. The molecule has 1 aliphatic rings. The summed E-state index contributed by atoms with van der Waals surface area (Å²) in [7, 11) is -1.23. The van der Waals surface area contributed by atoms with Gasteiger partial charge in [0.05, 0.1) is 4.90 Å². The number of nitrogens with zero attached hydrogens (tertiary/aromatic N) is 1.